The van der Waals surface area contributed by atoms with Crippen molar-refractivity contribution in [1.82, 2.24) is 6.15 Å². The van der Waals surface area contributed by atoms with Crippen molar-refractivity contribution in [3.63, 3.8) is 0 Å². The van der Waals surface area contributed by atoms with E-state index in [4.69, 9.17) is 9.79 Å². The van der Waals surface area contributed by atoms with Gasteiger partial charge in [0.15, 0.2) is 0 Å². The standard InChI is InChI=1S/C7H17O4P.H3N/c1-2-3-4-5-6-7-11-12(8,9)10;/h2-7H2,1H3,(H2,8,9,10);1H3. The Morgan fingerprint density at radius 2 is 1.69 bits per heavy atom. The van der Waals surface area contributed by atoms with Crippen LogP contribution in [0.25, 0.3) is 0 Å². The van der Waals surface area contributed by atoms with Gasteiger partial charge < -0.3 is 15.9 Å². The fraction of sp³-hybridized carbons (Fsp3) is 1.00. The third-order valence-electron chi connectivity index (χ3n) is 1.51. The second kappa shape index (κ2) is 8.66. The molecule has 0 aromatic rings. The van der Waals surface area contributed by atoms with Crippen molar-refractivity contribution in [2.24, 2.45) is 0 Å². The number of unbranched alkanes of at least 4 members (excludes halogenated alkanes) is 4. The van der Waals surface area contributed by atoms with E-state index in [2.05, 4.69) is 11.4 Å². The molecule has 0 aliphatic carbocycles. The molecule has 0 rings (SSSR count). The fourth-order valence-corrected chi connectivity index (χ4v) is 1.26. The maximum atomic E-state index is 10.2. The van der Waals surface area contributed by atoms with Crippen molar-refractivity contribution in [2.45, 2.75) is 39.0 Å². The van der Waals surface area contributed by atoms with E-state index in [1.165, 1.54) is 12.8 Å². The maximum Gasteiger partial charge on any atom is 0.469 e. The lowest BCUT2D eigenvalue weighted by atomic mass is 10.2. The van der Waals surface area contributed by atoms with Crippen LogP contribution in [0.4, 0.5) is 0 Å². The predicted octanol–water partition coefficient (Wildman–Crippen LogP) is 2.23. The summed E-state index contributed by atoms with van der Waals surface area (Å²) in [5.74, 6) is 0. The van der Waals surface area contributed by atoms with Crippen LogP contribution in [0.2, 0.25) is 0 Å². The molecule has 0 saturated carbocycles. The summed E-state index contributed by atoms with van der Waals surface area (Å²) >= 11 is 0. The second-order valence-corrected chi connectivity index (χ2v) is 3.98. The number of hydrogen-bond acceptors (Lipinski definition) is 3. The van der Waals surface area contributed by atoms with Crippen LogP contribution < -0.4 is 6.15 Å². The highest BCUT2D eigenvalue weighted by Crippen LogP contribution is 2.35. The largest absolute Gasteiger partial charge is 0.469 e. The summed E-state index contributed by atoms with van der Waals surface area (Å²) in [4.78, 5) is 16.6. The highest BCUT2D eigenvalue weighted by Gasteiger charge is 2.11. The number of hydrogen-bond donors (Lipinski definition) is 3. The third kappa shape index (κ3) is 14.9. The molecule has 13 heavy (non-hydrogen) atoms. The summed E-state index contributed by atoms with van der Waals surface area (Å²) in [7, 11) is -4.22. The lowest BCUT2D eigenvalue weighted by molar-refractivity contribution is 0.193. The molecular weight excluding hydrogens is 193 g/mol. The number of rotatable bonds is 7. The first-order valence-corrected chi connectivity index (χ1v) is 5.79. The molecule has 0 bridgehead atoms. The van der Waals surface area contributed by atoms with E-state index in [-0.39, 0.29) is 12.8 Å². The van der Waals surface area contributed by atoms with Crippen LogP contribution in [0, 0.1) is 0 Å². The van der Waals surface area contributed by atoms with Crippen molar-refractivity contribution in [3.05, 3.63) is 0 Å². The zero-order valence-corrected chi connectivity index (χ0v) is 9.00. The molecule has 0 heterocycles. The minimum absolute atomic E-state index is 0. The van der Waals surface area contributed by atoms with Gasteiger partial charge in [-0.05, 0) is 6.42 Å². The highest BCUT2D eigenvalue weighted by atomic mass is 31.2. The molecule has 0 aliphatic rings. The summed E-state index contributed by atoms with van der Waals surface area (Å²) in [6.45, 7) is 2.28. The van der Waals surface area contributed by atoms with Crippen molar-refractivity contribution < 1.29 is 18.9 Å². The average molecular weight is 213 g/mol. The second-order valence-electron chi connectivity index (χ2n) is 2.74. The monoisotopic (exact) mass is 213 g/mol. The molecule has 0 spiro atoms. The van der Waals surface area contributed by atoms with Gasteiger partial charge in [0.25, 0.3) is 0 Å². The van der Waals surface area contributed by atoms with Gasteiger partial charge in [-0.15, -0.1) is 0 Å². The van der Waals surface area contributed by atoms with Crippen LogP contribution in [-0.4, -0.2) is 16.4 Å². The quantitative estimate of drug-likeness (QED) is 0.444. The Labute approximate surface area is 79.3 Å². The average Bonchev–Trinajstić information content (AvgIpc) is 1.94. The highest BCUT2D eigenvalue weighted by molar-refractivity contribution is 7.46. The van der Waals surface area contributed by atoms with Gasteiger partial charge in [-0.25, -0.2) is 4.57 Å². The lowest BCUT2D eigenvalue weighted by Gasteiger charge is -2.03. The first-order chi connectivity index (χ1) is 5.56. The maximum absolute atomic E-state index is 10.2. The molecular formula is C7H20NO4P. The Morgan fingerprint density at radius 3 is 2.15 bits per heavy atom. The SMILES string of the molecule is CCCCCCCOP(=O)(O)O.N. The molecule has 6 heteroatoms. The number of phosphoric ester groups is 1. The molecule has 0 fully saturated rings. The molecule has 0 unspecified atom stereocenters. The summed E-state index contributed by atoms with van der Waals surface area (Å²) in [5, 5.41) is 0. The summed E-state index contributed by atoms with van der Waals surface area (Å²) in [6.07, 6.45) is 5.16. The molecule has 5 N–H and O–H groups in total. The van der Waals surface area contributed by atoms with Crippen molar-refractivity contribution >= 4 is 7.82 Å². The first-order valence-electron chi connectivity index (χ1n) is 4.26. The molecule has 0 aromatic carbocycles. The van der Waals surface area contributed by atoms with Gasteiger partial charge in [-0.3, -0.25) is 4.52 Å². The zero-order valence-electron chi connectivity index (χ0n) is 8.11. The summed E-state index contributed by atoms with van der Waals surface area (Å²) in [6, 6.07) is 0. The van der Waals surface area contributed by atoms with E-state index in [1.807, 2.05) is 0 Å². The van der Waals surface area contributed by atoms with E-state index < -0.39 is 7.82 Å². The van der Waals surface area contributed by atoms with E-state index in [9.17, 15) is 4.57 Å². The first kappa shape index (κ1) is 15.5. The van der Waals surface area contributed by atoms with Gasteiger partial charge in [0.1, 0.15) is 0 Å². The fourth-order valence-electron chi connectivity index (χ4n) is 0.889. The van der Waals surface area contributed by atoms with Crippen molar-refractivity contribution in [3.8, 4) is 0 Å². The van der Waals surface area contributed by atoms with Crippen molar-refractivity contribution in [1.29, 1.82) is 0 Å². The Balaban J connectivity index is 0. The van der Waals surface area contributed by atoms with Crippen LogP contribution in [0.1, 0.15) is 39.0 Å². The smallest absolute Gasteiger partial charge is 0.344 e. The van der Waals surface area contributed by atoms with E-state index in [0.29, 0.717) is 0 Å². The zero-order chi connectivity index (χ0) is 9.45. The van der Waals surface area contributed by atoms with Gasteiger partial charge in [0.05, 0.1) is 6.61 Å². The topological polar surface area (TPSA) is 102 Å². The van der Waals surface area contributed by atoms with E-state index >= 15 is 0 Å². The Morgan fingerprint density at radius 1 is 1.15 bits per heavy atom. The minimum Gasteiger partial charge on any atom is -0.344 e. The Hall–Kier alpha value is 0.0700. The number of phosphoric acid groups is 1. The molecule has 0 aromatic heterocycles. The third-order valence-corrected chi connectivity index (χ3v) is 2.03. The van der Waals surface area contributed by atoms with Crippen LogP contribution in [0.5, 0.6) is 0 Å². The van der Waals surface area contributed by atoms with Gasteiger partial charge in [-0.2, -0.15) is 0 Å². The van der Waals surface area contributed by atoms with Crippen LogP contribution in [0.3, 0.4) is 0 Å². The van der Waals surface area contributed by atoms with Gasteiger partial charge in [-0.1, -0.05) is 32.6 Å². The van der Waals surface area contributed by atoms with Crippen LogP contribution in [0.15, 0.2) is 0 Å². The Kier molecular flexibility index (Phi) is 10.3. The minimum atomic E-state index is -4.22. The van der Waals surface area contributed by atoms with E-state index in [1.54, 1.807) is 0 Å². The predicted molar refractivity (Wildman–Crippen MR) is 51.8 cm³/mol. The Bertz CT molecular complexity index is 147. The van der Waals surface area contributed by atoms with Gasteiger partial charge in [0.2, 0.25) is 0 Å². The summed E-state index contributed by atoms with van der Waals surface area (Å²) < 4.78 is 14.5. The molecule has 0 amide bonds. The molecule has 82 valence electrons. The molecule has 5 nitrogen and oxygen atoms in total. The van der Waals surface area contributed by atoms with Crippen LogP contribution >= 0.6 is 7.82 Å². The van der Waals surface area contributed by atoms with Crippen molar-refractivity contribution in [2.75, 3.05) is 6.61 Å². The lowest BCUT2D eigenvalue weighted by Crippen LogP contribution is -1.91. The van der Waals surface area contributed by atoms with Crippen LogP contribution in [-0.2, 0) is 9.09 Å². The molecule has 0 saturated heterocycles. The van der Waals surface area contributed by atoms with E-state index in [0.717, 1.165) is 19.3 Å². The normalized spacial score (nSPS) is 11.0. The molecule has 0 aliphatic heterocycles. The van der Waals surface area contributed by atoms with Gasteiger partial charge in [0, 0.05) is 0 Å². The van der Waals surface area contributed by atoms with Gasteiger partial charge >= 0.3 is 7.82 Å². The summed E-state index contributed by atoms with van der Waals surface area (Å²) in [5.41, 5.74) is 0. The molecule has 0 atom stereocenters. The molecule has 0 radical (unpaired) electrons.